The number of carbonyl (C=O) groups excluding carboxylic acids is 2. The molecule has 0 aliphatic carbocycles. The molecule has 0 radical (unpaired) electrons. The van der Waals surface area contributed by atoms with Crippen molar-refractivity contribution in [1.29, 1.82) is 0 Å². The number of nitrogens with zero attached hydrogens (tertiary/aromatic N) is 3. The standard InChI is InChI=1S/C23H27N7O2/c1-15-10-20-22(27-15)26-13-21(29-20)17(12-24)11-18(14-31)28-23(32)16-2-4-19(5-3-16)30-8-6-25-7-9-30/h2-5,11-15,25H,6-10,24H2,1H3,(H,26,27)(H,28,32)/b17-12+,18-11+. The number of hydrogen-bond donors (Lipinski definition) is 4. The molecular weight excluding hydrogens is 406 g/mol. The van der Waals surface area contributed by atoms with Crippen LogP contribution in [0.2, 0.25) is 0 Å². The first-order valence-corrected chi connectivity index (χ1v) is 10.7. The van der Waals surface area contributed by atoms with Gasteiger partial charge in [0, 0.05) is 61.7 Å². The van der Waals surface area contributed by atoms with Gasteiger partial charge >= 0.3 is 0 Å². The molecule has 9 nitrogen and oxygen atoms in total. The van der Waals surface area contributed by atoms with Gasteiger partial charge in [0.1, 0.15) is 5.82 Å². The van der Waals surface area contributed by atoms with Crippen LogP contribution >= 0.6 is 0 Å². The van der Waals surface area contributed by atoms with Crippen LogP contribution in [-0.4, -0.2) is 54.4 Å². The number of piperazine rings is 1. The molecule has 1 amide bonds. The molecule has 2 aromatic rings. The van der Waals surface area contributed by atoms with Crippen molar-refractivity contribution < 1.29 is 9.59 Å². The van der Waals surface area contributed by atoms with Gasteiger partial charge in [-0.05, 0) is 37.3 Å². The number of rotatable bonds is 6. The first kappa shape index (κ1) is 21.5. The maximum absolute atomic E-state index is 12.7. The van der Waals surface area contributed by atoms with Crippen molar-refractivity contribution in [2.45, 2.75) is 19.4 Å². The molecule has 0 spiro atoms. The number of nitrogens with two attached hydrogens (primary N) is 1. The monoisotopic (exact) mass is 433 g/mol. The van der Waals surface area contributed by atoms with E-state index < -0.39 is 0 Å². The van der Waals surface area contributed by atoms with Gasteiger partial charge in [0.05, 0.1) is 23.3 Å². The summed E-state index contributed by atoms with van der Waals surface area (Å²) in [5.74, 6) is 0.388. The van der Waals surface area contributed by atoms with E-state index in [2.05, 4.69) is 37.7 Å². The summed E-state index contributed by atoms with van der Waals surface area (Å²) < 4.78 is 0. The minimum atomic E-state index is -0.371. The maximum atomic E-state index is 12.7. The van der Waals surface area contributed by atoms with Crippen LogP contribution in [0.4, 0.5) is 11.5 Å². The van der Waals surface area contributed by atoms with Crippen LogP contribution in [0.3, 0.4) is 0 Å². The summed E-state index contributed by atoms with van der Waals surface area (Å²) in [6, 6.07) is 7.63. The predicted molar refractivity (Wildman–Crippen MR) is 124 cm³/mol. The SMILES string of the molecule is CC1Cc2nc(C(/C=C(\C=O)NC(=O)c3ccc(N4CCNCC4)cc3)=C/N)cnc2N1. The van der Waals surface area contributed by atoms with Gasteiger partial charge in [-0.2, -0.15) is 0 Å². The molecule has 2 aliphatic rings. The van der Waals surface area contributed by atoms with E-state index in [9.17, 15) is 9.59 Å². The number of allylic oxidation sites excluding steroid dienone is 3. The van der Waals surface area contributed by atoms with Crippen molar-refractivity contribution in [3.8, 4) is 0 Å². The lowest BCUT2D eigenvalue weighted by Gasteiger charge is -2.29. The minimum absolute atomic E-state index is 0.0895. The number of amides is 1. The Hall–Kier alpha value is -3.72. The van der Waals surface area contributed by atoms with E-state index >= 15 is 0 Å². The summed E-state index contributed by atoms with van der Waals surface area (Å²) in [4.78, 5) is 35.6. The third-order valence-corrected chi connectivity index (χ3v) is 5.51. The Bertz CT molecular complexity index is 1060. The first-order chi connectivity index (χ1) is 15.6. The van der Waals surface area contributed by atoms with Crippen LogP contribution in [0.5, 0.6) is 0 Å². The van der Waals surface area contributed by atoms with Gasteiger partial charge in [-0.3, -0.25) is 9.59 Å². The van der Waals surface area contributed by atoms with E-state index in [1.807, 2.05) is 12.1 Å². The first-order valence-electron chi connectivity index (χ1n) is 10.7. The molecular formula is C23H27N7O2. The Morgan fingerprint density at radius 3 is 2.69 bits per heavy atom. The van der Waals surface area contributed by atoms with Gasteiger partial charge in [-0.15, -0.1) is 0 Å². The van der Waals surface area contributed by atoms with Gasteiger partial charge in [-0.1, -0.05) is 0 Å². The number of aldehydes is 1. The quantitative estimate of drug-likeness (QED) is 0.303. The molecule has 166 valence electrons. The summed E-state index contributed by atoms with van der Waals surface area (Å²) in [6.45, 7) is 5.79. The molecule has 4 rings (SSSR count). The fraction of sp³-hybridized carbons (Fsp3) is 0.304. The average molecular weight is 434 g/mol. The smallest absolute Gasteiger partial charge is 0.255 e. The Labute approximate surface area is 186 Å². The largest absolute Gasteiger partial charge is 0.404 e. The fourth-order valence-electron chi connectivity index (χ4n) is 3.83. The third kappa shape index (κ3) is 4.78. The highest BCUT2D eigenvalue weighted by Crippen LogP contribution is 2.24. The Morgan fingerprint density at radius 1 is 1.25 bits per heavy atom. The van der Waals surface area contributed by atoms with Gasteiger partial charge in [0.15, 0.2) is 6.29 Å². The van der Waals surface area contributed by atoms with Gasteiger partial charge in [0.2, 0.25) is 0 Å². The topological polar surface area (TPSA) is 125 Å². The number of anilines is 2. The normalized spacial score (nSPS) is 18.7. The van der Waals surface area contributed by atoms with Crippen LogP contribution in [0.1, 0.15) is 28.7 Å². The summed E-state index contributed by atoms with van der Waals surface area (Å²) in [6.07, 6.45) is 5.79. The molecule has 1 unspecified atom stereocenters. The highest BCUT2D eigenvalue weighted by atomic mass is 16.2. The molecule has 1 saturated heterocycles. The molecule has 1 aromatic carbocycles. The second-order valence-electron chi connectivity index (χ2n) is 7.88. The van der Waals surface area contributed by atoms with Crippen LogP contribution in [0, 0.1) is 0 Å². The van der Waals surface area contributed by atoms with Crippen LogP contribution in [0.25, 0.3) is 5.57 Å². The summed E-state index contributed by atoms with van der Waals surface area (Å²) in [5, 5.41) is 9.21. The van der Waals surface area contributed by atoms with Gasteiger partial charge < -0.3 is 26.6 Å². The van der Waals surface area contributed by atoms with Crippen molar-refractivity contribution in [2.24, 2.45) is 5.73 Å². The number of nitrogens with one attached hydrogen (secondary N) is 3. The number of carbonyl (C=O) groups is 2. The van der Waals surface area contributed by atoms with E-state index in [0.717, 1.165) is 49.8 Å². The van der Waals surface area contributed by atoms with E-state index in [4.69, 9.17) is 5.73 Å². The zero-order valence-corrected chi connectivity index (χ0v) is 18.0. The van der Waals surface area contributed by atoms with Crippen LogP contribution in [0.15, 0.2) is 48.4 Å². The molecule has 0 bridgehead atoms. The lowest BCUT2D eigenvalue weighted by atomic mass is 10.1. The van der Waals surface area contributed by atoms with Gasteiger partial charge in [0.25, 0.3) is 5.91 Å². The van der Waals surface area contributed by atoms with Crippen molar-refractivity contribution >= 4 is 29.3 Å². The Balaban J connectivity index is 1.46. The minimum Gasteiger partial charge on any atom is -0.404 e. The predicted octanol–water partition coefficient (Wildman–Crippen LogP) is 1.06. The number of fused-ring (bicyclic) bond motifs is 1. The lowest BCUT2D eigenvalue weighted by Crippen LogP contribution is -2.43. The van der Waals surface area contributed by atoms with E-state index in [1.54, 1.807) is 18.3 Å². The summed E-state index contributed by atoms with van der Waals surface area (Å²) in [7, 11) is 0. The van der Waals surface area contributed by atoms with Gasteiger partial charge in [-0.25, -0.2) is 9.97 Å². The summed E-state index contributed by atoms with van der Waals surface area (Å²) >= 11 is 0. The van der Waals surface area contributed by atoms with Crippen molar-refractivity contribution in [1.82, 2.24) is 20.6 Å². The zero-order chi connectivity index (χ0) is 22.5. The number of benzene rings is 1. The molecule has 5 N–H and O–H groups in total. The van der Waals surface area contributed by atoms with Crippen LogP contribution < -0.4 is 26.6 Å². The second-order valence-corrected chi connectivity index (χ2v) is 7.88. The Morgan fingerprint density at radius 2 is 2.00 bits per heavy atom. The van der Waals surface area contributed by atoms with Crippen molar-refractivity contribution in [2.75, 3.05) is 36.4 Å². The van der Waals surface area contributed by atoms with Crippen molar-refractivity contribution in [3.63, 3.8) is 0 Å². The molecule has 9 heteroatoms. The molecule has 1 fully saturated rings. The zero-order valence-electron chi connectivity index (χ0n) is 18.0. The highest BCUT2D eigenvalue weighted by Gasteiger charge is 2.20. The lowest BCUT2D eigenvalue weighted by molar-refractivity contribution is -0.105. The highest BCUT2D eigenvalue weighted by molar-refractivity contribution is 5.99. The van der Waals surface area contributed by atoms with Crippen molar-refractivity contribution in [3.05, 3.63) is 65.4 Å². The molecule has 0 saturated carbocycles. The maximum Gasteiger partial charge on any atom is 0.255 e. The Kier molecular flexibility index (Phi) is 6.46. The average Bonchev–Trinajstić information content (AvgIpc) is 3.21. The van der Waals surface area contributed by atoms with E-state index in [1.165, 1.54) is 12.3 Å². The number of aromatic nitrogens is 2. The molecule has 32 heavy (non-hydrogen) atoms. The second kappa shape index (κ2) is 9.61. The molecule has 3 heterocycles. The van der Waals surface area contributed by atoms with Crippen LogP contribution in [-0.2, 0) is 11.2 Å². The summed E-state index contributed by atoms with van der Waals surface area (Å²) in [5.41, 5.74) is 9.29. The van der Waals surface area contributed by atoms with E-state index in [0.29, 0.717) is 23.1 Å². The molecule has 1 atom stereocenters. The molecule has 2 aliphatic heterocycles. The third-order valence-electron chi connectivity index (χ3n) is 5.51. The molecule has 1 aromatic heterocycles. The van der Waals surface area contributed by atoms with E-state index in [-0.39, 0.29) is 17.6 Å². The number of hydrogen-bond acceptors (Lipinski definition) is 8. The fourth-order valence-corrected chi connectivity index (χ4v) is 3.83.